The Balaban J connectivity index is 2.18. The highest BCUT2D eigenvalue weighted by Gasteiger charge is 2.48. The van der Waals surface area contributed by atoms with Crippen LogP contribution in [0.4, 0.5) is 0 Å². The monoisotopic (exact) mass is 345 g/mol. The highest BCUT2D eigenvalue weighted by atomic mass is 16.2. The second-order valence-corrected chi connectivity index (χ2v) is 7.11. The van der Waals surface area contributed by atoms with Gasteiger partial charge in [-0.2, -0.15) is 0 Å². The standard InChI is InChI=1S/C19H27N3O3/c1-13(23)21-19(2,15-10-11-15)18(25)20-16(17(24)22(3)4)12-14-8-6-5-7-9-14/h5-9,15-16H,10-12H2,1-4H3,(H,20,25)(H,21,23)/t16-,19+/m0/s1. The molecule has 3 amide bonds. The molecule has 1 aliphatic carbocycles. The van der Waals surface area contributed by atoms with Crippen LogP contribution in [-0.2, 0) is 20.8 Å². The molecule has 0 aliphatic heterocycles. The third-order valence-corrected chi connectivity index (χ3v) is 4.63. The molecule has 2 rings (SSSR count). The van der Waals surface area contributed by atoms with Crippen LogP contribution >= 0.6 is 0 Å². The molecule has 2 atom stereocenters. The highest BCUT2D eigenvalue weighted by molar-refractivity contribution is 5.94. The van der Waals surface area contributed by atoms with Crippen LogP contribution < -0.4 is 10.6 Å². The first kappa shape index (κ1) is 19.0. The van der Waals surface area contributed by atoms with Crippen LogP contribution in [0.25, 0.3) is 0 Å². The summed E-state index contributed by atoms with van der Waals surface area (Å²) in [6.45, 7) is 3.14. The number of amides is 3. The lowest BCUT2D eigenvalue weighted by Gasteiger charge is -2.32. The van der Waals surface area contributed by atoms with E-state index in [1.54, 1.807) is 21.0 Å². The molecule has 0 heterocycles. The van der Waals surface area contributed by atoms with Gasteiger partial charge in [-0.05, 0) is 31.2 Å². The lowest BCUT2D eigenvalue weighted by atomic mass is 9.93. The van der Waals surface area contributed by atoms with E-state index >= 15 is 0 Å². The third kappa shape index (κ3) is 4.81. The van der Waals surface area contributed by atoms with Gasteiger partial charge >= 0.3 is 0 Å². The molecule has 25 heavy (non-hydrogen) atoms. The summed E-state index contributed by atoms with van der Waals surface area (Å²) in [6.07, 6.45) is 2.20. The van der Waals surface area contributed by atoms with E-state index < -0.39 is 11.6 Å². The van der Waals surface area contributed by atoms with Gasteiger partial charge in [0.1, 0.15) is 11.6 Å². The molecule has 1 aliphatic rings. The van der Waals surface area contributed by atoms with Crippen LogP contribution in [0.3, 0.4) is 0 Å². The number of carbonyl (C=O) groups is 3. The van der Waals surface area contributed by atoms with Crippen LogP contribution in [-0.4, -0.2) is 48.3 Å². The van der Waals surface area contributed by atoms with Gasteiger partial charge in [0.2, 0.25) is 17.7 Å². The van der Waals surface area contributed by atoms with Gasteiger partial charge in [0.05, 0.1) is 0 Å². The van der Waals surface area contributed by atoms with Crippen molar-refractivity contribution in [1.29, 1.82) is 0 Å². The fraction of sp³-hybridized carbons (Fsp3) is 0.526. The first-order chi connectivity index (χ1) is 11.7. The Hall–Kier alpha value is -2.37. The van der Waals surface area contributed by atoms with Crippen LogP contribution in [0.1, 0.15) is 32.3 Å². The molecule has 1 saturated carbocycles. The molecule has 0 bridgehead atoms. The van der Waals surface area contributed by atoms with Crippen molar-refractivity contribution in [2.75, 3.05) is 14.1 Å². The smallest absolute Gasteiger partial charge is 0.246 e. The van der Waals surface area contributed by atoms with Crippen LogP contribution in [0.5, 0.6) is 0 Å². The predicted molar refractivity (Wildman–Crippen MR) is 95.7 cm³/mol. The van der Waals surface area contributed by atoms with E-state index in [1.165, 1.54) is 11.8 Å². The SMILES string of the molecule is CC(=O)N[C@@](C)(C(=O)N[C@@H](Cc1ccccc1)C(=O)N(C)C)C1CC1. The topological polar surface area (TPSA) is 78.5 Å². The zero-order chi connectivity index (χ0) is 18.6. The number of rotatable bonds is 7. The summed E-state index contributed by atoms with van der Waals surface area (Å²) in [7, 11) is 3.33. The summed E-state index contributed by atoms with van der Waals surface area (Å²) in [5, 5.41) is 5.65. The van der Waals surface area contributed by atoms with Gasteiger partial charge in [-0.3, -0.25) is 14.4 Å². The number of likely N-dealkylation sites (N-methyl/N-ethyl adjacent to an activating group) is 1. The fourth-order valence-electron chi connectivity index (χ4n) is 3.04. The minimum atomic E-state index is -0.979. The average Bonchev–Trinajstić information content (AvgIpc) is 3.38. The van der Waals surface area contributed by atoms with Gasteiger partial charge in [-0.1, -0.05) is 30.3 Å². The third-order valence-electron chi connectivity index (χ3n) is 4.63. The van der Waals surface area contributed by atoms with Crippen molar-refractivity contribution in [2.45, 2.75) is 44.7 Å². The number of hydrogen-bond donors (Lipinski definition) is 2. The largest absolute Gasteiger partial charge is 0.347 e. The quantitative estimate of drug-likeness (QED) is 0.777. The summed E-state index contributed by atoms with van der Waals surface area (Å²) in [5.74, 6) is -0.606. The molecule has 0 saturated heterocycles. The molecule has 0 aromatic heterocycles. The van der Waals surface area contributed by atoms with Crippen molar-refractivity contribution in [2.24, 2.45) is 5.92 Å². The maximum atomic E-state index is 12.9. The van der Waals surface area contributed by atoms with E-state index in [0.717, 1.165) is 18.4 Å². The molecular formula is C19H27N3O3. The summed E-state index contributed by atoms with van der Waals surface area (Å²) in [5.41, 5.74) is -0.0106. The summed E-state index contributed by atoms with van der Waals surface area (Å²) in [6, 6.07) is 8.90. The predicted octanol–water partition coefficient (Wildman–Crippen LogP) is 1.11. The van der Waals surface area contributed by atoms with Crippen molar-refractivity contribution in [1.82, 2.24) is 15.5 Å². The zero-order valence-corrected chi connectivity index (χ0v) is 15.3. The van der Waals surface area contributed by atoms with E-state index in [1.807, 2.05) is 30.3 Å². The Bertz CT molecular complexity index is 641. The number of carbonyl (C=O) groups excluding carboxylic acids is 3. The van der Waals surface area contributed by atoms with Crippen LogP contribution in [0.2, 0.25) is 0 Å². The van der Waals surface area contributed by atoms with Gasteiger partial charge in [-0.25, -0.2) is 0 Å². The molecule has 136 valence electrons. The number of nitrogens with zero attached hydrogens (tertiary/aromatic N) is 1. The highest BCUT2D eigenvalue weighted by Crippen LogP contribution is 2.39. The number of benzene rings is 1. The number of nitrogens with one attached hydrogen (secondary N) is 2. The Morgan fingerprint density at radius 1 is 1.20 bits per heavy atom. The lowest BCUT2D eigenvalue weighted by molar-refractivity contribution is -0.138. The van der Waals surface area contributed by atoms with Gasteiger partial charge in [0.15, 0.2) is 0 Å². The first-order valence-corrected chi connectivity index (χ1v) is 8.59. The molecular weight excluding hydrogens is 318 g/mol. The van der Waals surface area contributed by atoms with E-state index in [-0.39, 0.29) is 23.6 Å². The second kappa shape index (κ2) is 7.68. The second-order valence-electron chi connectivity index (χ2n) is 7.11. The maximum absolute atomic E-state index is 12.9. The molecule has 1 aromatic carbocycles. The van der Waals surface area contributed by atoms with Gasteiger partial charge in [-0.15, -0.1) is 0 Å². The van der Waals surface area contributed by atoms with E-state index in [9.17, 15) is 14.4 Å². The molecule has 1 fully saturated rings. The van der Waals surface area contributed by atoms with Crippen molar-refractivity contribution in [3.8, 4) is 0 Å². The van der Waals surface area contributed by atoms with Gasteiger partial charge < -0.3 is 15.5 Å². The molecule has 0 radical (unpaired) electrons. The van der Waals surface area contributed by atoms with Crippen LogP contribution in [0.15, 0.2) is 30.3 Å². The Morgan fingerprint density at radius 2 is 1.80 bits per heavy atom. The van der Waals surface area contributed by atoms with E-state index in [0.29, 0.717) is 6.42 Å². The Labute approximate surface area is 149 Å². The summed E-state index contributed by atoms with van der Waals surface area (Å²) in [4.78, 5) is 38.5. The van der Waals surface area contributed by atoms with Crippen molar-refractivity contribution >= 4 is 17.7 Å². The first-order valence-electron chi connectivity index (χ1n) is 8.59. The van der Waals surface area contributed by atoms with E-state index in [2.05, 4.69) is 10.6 Å². The van der Waals surface area contributed by atoms with Crippen molar-refractivity contribution in [3.05, 3.63) is 35.9 Å². The minimum absolute atomic E-state index is 0.114. The Morgan fingerprint density at radius 3 is 2.28 bits per heavy atom. The molecule has 6 heteroatoms. The average molecular weight is 345 g/mol. The van der Waals surface area contributed by atoms with Gasteiger partial charge in [0, 0.05) is 27.4 Å². The normalized spacial score (nSPS) is 17.1. The lowest BCUT2D eigenvalue weighted by Crippen LogP contribution is -2.61. The maximum Gasteiger partial charge on any atom is 0.246 e. The van der Waals surface area contributed by atoms with Crippen molar-refractivity contribution in [3.63, 3.8) is 0 Å². The zero-order valence-electron chi connectivity index (χ0n) is 15.3. The minimum Gasteiger partial charge on any atom is -0.347 e. The van der Waals surface area contributed by atoms with Gasteiger partial charge in [0.25, 0.3) is 0 Å². The fourth-order valence-corrected chi connectivity index (χ4v) is 3.04. The number of hydrogen-bond acceptors (Lipinski definition) is 3. The molecule has 6 nitrogen and oxygen atoms in total. The molecule has 1 aromatic rings. The van der Waals surface area contributed by atoms with Crippen LogP contribution in [0, 0.1) is 5.92 Å². The van der Waals surface area contributed by atoms with Crippen molar-refractivity contribution < 1.29 is 14.4 Å². The molecule has 0 spiro atoms. The summed E-state index contributed by atoms with van der Waals surface area (Å²) >= 11 is 0. The molecule has 2 N–H and O–H groups in total. The molecule has 0 unspecified atom stereocenters. The summed E-state index contributed by atoms with van der Waals surface area (Å²) < 4.78 is 0. The Kier molecular flexibility index (Phi) is 5.82. The van der Waals surface area contributed by atoms with E-state index in [4.69, 9.17) is 0 Å².